The summed E-state index contributed by atoms with van der Waals surface area (Å²) >= 11 is 0. The SMILES string of the molecule is Cn1cc(-c2ccc3c(N4CCN(c5nc[c-]cn5)CC4)cnn3c2)cn1.[I-].[Mg+2]. The van der Waals surface area contributed by atoms with Crippen molar-refractivity contribution in [2.75, 3.05) is 36.0 Å². The van der Waals surface area contributed by atoms with E-state index < -0.39 is 0 Å². The maximum absolute atomic E-state index is 4.57. The Morgan fingerprint density at radius 1 is 0.862 bits per heavy atom. The van der Waals surface area contributed by atoms with Crippen LogP contribution in [0.3, 0.4) is 0 Å². The molecule has 4 aromatic heterocycles. The Morgan fingerprint density at radius 3 is 2.28 bits per heavy atom. The average molecular weight is 511 g/mol. The zero-order chi connectivity index (χ0) is 18.2. The maximum atomic E-state index is 4.57. The third-order valence-corrected chi connectivity index (χ3v) is 4.95. The molecule has 0 atom stereocenters. The summed E-state index contributed by atoms with van der Waals surface area (Å²) < 4.78 is 3.75. The van der Waals surface area contributed by atoms with E-state index in [0.29, 0.717) is 0 Å². The van der Waals surface area contributed by atoms with Crippen molar-refractivity contribution < 1.29 is 24.0 Å². The molecule has 5 heterocycles. The molecule has 0 spiro atoms. The molecule has 10 heteroatoms. The van der Waals surface area contributed by atoms with Crippen molar-refractivity contribution in [2.45, 2.75) is 0 Å². The van der Waals surface area contributed by atoms with Gasteiger partial charge in [-0.2, -0.15) is 10.2 Å². The number of anilines is 2. The number of rotatable bonds is 3. The van der Waals surface area contributed by atoms with Crippen LogP contribution in [-0.2, 0) is 7.05 Å². The second kappa shape index (κ2) is 9.26. The summed E-state index contributed by atoms with van der Waals surface area (Å²) in [7, 11) is 1.92. The molecule has 144 valence electrons. The van der Waals surface area contributed by atoms with E-state index >= 15 is 0 Å². The van der Waals surface area contributed by atoms with E-state index in [2.05, 4.69) is 54.4 Å². The number of halogens is 1. The quantitative estimate of drug-likeness (QED) is 0.186. The van der Waals surface area contributed by atoms with E-state index in [4.69, 9.17) is 0 Å². The minimum atomic E-state index is 0. The van der Waals surface area contributed by atoms with Gasteiger partial charge in [-0.25, -0.2) is 4.52 Å². The van der Waals surface area contributed by atoms with Crippen molar-refractivity contribution in [3.05, 3.63) is 55.4 Å². The minimum absolute atomic E-state index is 0. The first-order valence-corrected chi connectivity index (χ1v) is 8.92. The summed E-state index contributed by atoms with van der Waals surface area (Å²) in [6, 6.07) is 7.12. The fraction of sp³-hybridized carbons (Fsp3) is 0.263. The summed E-state index contributed by atoms with van der Waals surface area (Å²) in [4.78, 5) is 13.2. The first kappa shape index (κ1) is 21.8. The molecule has 8 nitrogen and oxygen atoms in total. The second-order valence-corrected chi connectivity index (χ2v) is 6.64. The van der Waals surface area contributed by atoms with Gasteiger partial charge in [-0.15, -0.1) is 12.4 Å². The standard InChI is InChI=1S/C19H19N8.HI.Mg/c1-24-13-16(11-22-24)15-3-4-17-18(12-23-27(17)14-15)25-7-9-26(10-8-25)19-20-5-2-6-21-19;;/h3-6,11-14H,7-10H2,1H3;1H;/q-1;;+2/p-1. The summed E-state index contributed by atoms with van der Waals surface area (Å²) in [5.74, 6) is 0.773. The van der Waals surface area contributed by atoms with Gasteiger partial charge in [0.1, 0.15) is 0 Å². The number of nitrogens with zero attached hydrogens (tertiary/aromatic N) is 8. The molecule has 1 aliphatic heterocycles. The van der Waals surface area contributed by atoms with Crippen LogP contribution in [0.25, 0.3) is 16.6 Å². The molecular weight excluding hydrogens is 491 g/mol. The molecule has 29 heavy (non-hydrogen) atoms. The largest absolute Gasteiger partial charge is 2.00 e. The predicted octanol–water partition coefficient (Wildman–Crippen LogP) is -1.73. The zero-order valence-electron chi connectivity index (χ0n) is 16.1. The van der Waals surface area contributed by atoms with Crippen molar-refractivity contribution in [1.29, 1.82) is 0 Å². The smallest absolute Gasteiger partial charge is 1.00 e. The van der Waals surface area contributed by atoms with Crippen LogP contribution >= 0.6 is 0 Å². The molecular formula is C19H19IMgN8. The van der Waals surface area contributed by atoms with Crippen LogP contribution in [0.15, 0.2) is 49.3 Å². The van der Waals surface area contributed by atoms with Crippen molar-refractivity contribution in [1.82, 2.24) is 29.4 Å². The van der Waals surface area contributed by atoms with Crippen LogP contribution in [0.2, 0.25) is 0 Å². The van der Waals surface area contributed by atoms with Crippen molar-refractivity contribution in [3.8, 4) is 11.1 Å². The van der Waals surface area contributed by atoms with E-state index in [1.165, 1.54) is 0 Å². The molecule has 1 saturated heterocycles. The van der Waals surface area contributed by atoms with Crippen LogP contribution in [0.4, 0.5) is 11.6 Å². The Labute approximate surface area is 202 Å². The molecule has 0 saturated carbocycles. The molecule has 5 rings (SSSR count). The van der Waals surface area contributed by atoms with Gasteiger partial charge in [0.2, 0.25) is 5.95 Å². The van der Waals surface area contributed by atoms with Crippen molar-refractivity contribution >= 4 is 40.2 Å². The summed E-state index contributed by atoms with van der Waals surface area (Å²) in [5, 5.41) is 8.82. The van der Waals surface area contributed by atoms with E-state index in [9.17, 15) is 0 Å². The zero-order valence-corrected chi connectivity index (χ0v) is 19.7. The molecule has 4 aromatic rings. The van der Waals surface area contributed by atoms with Gasteiger partial charge in [0, 0.05) is 56.7 Å². The normalized spacial score (nSPS) is 13.8. The Kier molecular flexibility index (Phi) is 6.96. The molecule has 0 amide bonds. The van der Waals surface area contributed by atoms with Gasteiger partial charge >= 0.3 is 23.1 Å². The molecule has 0 aromatic carbocycles. The van der Waals surface area contributed by atoms with Gasteiger partial charge in [-0.3, -0.25) is 14.6 Å². The Morgan fingerprint density at radius 2 is 1.59 bits per heavy atom. The summed E-state index contributed by atoms with van der Waals surface area (Å²) in [6.45, 7) is 3.59. The average Bonchev–Trinajstić information content (AvgIpc) is 3.34. The topological polar surface area (TPSA) is 67.4 Å². The first-order chi connectivity index (χ1) is 13.3. The molecule has 0 radical (unpaired) electrons. The van der Waals surface area contributed by atoms with Gasteiger partial charge in [0.15, 0.2) is 0 Å². The molecule has 0 aliphatic carbocycles. The van der Waals surface area contributed by atoms with Crippen LogP contribution in [-0.4, -0.2) is 78.6 Å². The third-order valence-electron chi connectivity index (χ3n) is 4.95. The van der Waals surface area contributed by atoms with E-state index in [1.807, 2.05) is 34.8 Å². The molecule has 0 N–H and O–H groups in total. The third kappa shape index (κ3) is 4.33. The van der Waals surface area contributed by atoms with Crippen LogP contribution < -0.4 is 33.8 Å². The molecule has 0 unspecified atom stereocenters. The van der Waals surface area contributed by atoms with E-state index in [-0.39, 0.29) is 47.0 Å². The van der Waals surface area contributed by atoms with Gasteiger partial charge in [-0.1, -0.05) is 6.07 Å². The number of fused-ring (bicyclic) bond motifs is 1. The summed E-state index contributed by atoms with van der Waals surface area (Å²) in [5.41, 5.74) is 4.47. The Bertz CT molecular complexity index is 1070. The molecule has 1 aliphatic rings. The van der Waals surface area contributed by atoms with Gasteiger partial charge in [0.05, 0.1) is 23.6 Å². The van der Waals surface area contributed by atoms with Crippen molar-refractivity contribution in [2.24, 2.45) is 7.05 Å². The summed E-state index contributed by atoms with van der Waals surface area (Å²) in [6.07, 6.45) is 11.2. The number of aryl methyl sites for hydroxylation is 1. The minimum Gasteiger partial charge on any atom is -1.00 e. The second-order valence-electron chi connectivity index (χ2n) is 6.64. The van der Waals surface area contributed by atoms with Gasteiger partial charge < -0.3 is 39.8 Å². The fourth-order valence-corrected chi connectivity index (χ4v) is 3.52. The number of piperazine rings is 1. The molecule has 0 bridgehead atoms. The predicted molar refractivity (Wildman–Crippen MR) is 108 cm³/mol. The maximum Gasteiger partial charge on any atom is 2.00 e. The van der Waals surface area contributed by atoms with Crippen LogP contribution in [0.1, 0.15) is 0 Å². The van der Waals surface area contributed by atoms with E-state index in [1.54, 1.807) is 12.4 Å². The Balaban J connectivity index is 0.00000120. The van der Waals surface area contributed by atoms with Gasteiger partial charge in [-0.05, 0) is 6.07 Å². The first-order valence-electron chi connectivity index (χ1n) is 8.92. The van der Waals surface area contributed by atoms with E-state index in [0.717, 1.165) is 54.5 Å². The number of pyridine rings is 1. The van der Waals surface area contributed by atoms with Crippen LogP contribution in [0, 0.1) is 6.07 Å². The number of hydrogen-bond donors (Lipinski definition) is 0. The number of aromatic nitrogens is 6. The monoisotopic (exact) mass is 510 g/mol. The fourth-order valence-electron chi connectivity index (χ4n) is 3.52. The van der Waals surface area contributed by atoms with Crippen molar-refractivity contribution in [3.63, 3.8) is 0 Å². The Hall–Kier alpha value is -1.92. The number of hydrogen-bond acceptors (Lipinski definition) is 6. The van der Waals surface area contributed by atoms with Gasteiger partial charge in [0.25, 0.3) is 0 Å². The van der Waals surface area contributed by atoms with Crippen LogP contribution in [0.5, 0.6) is 0 Å². The molecule has 1 fully saturated rings.